The Morgan fingerprint density at radius 1 is 1.22 bits per heavy atom. The summed E-state index contributed by atoms with van der Waals surface area (Å²) in [4.78, 5) is 21.6. The summed E-state index contributed by atoms with van der Waals surface area (Å²) in [6.45, 7) is 2.30. The largest absolute Gasteiger partial charge is 0.355 e. The minimum absolute atomic E-state index is 0.285. The van der Waals surface area contributed by atoms with Crippen LogP contribution in [0, 0.1) is 28.6 Å². The van der Waals surface area contributed by atoms with Crippen LogP contribution in [0.2, 0.25) is 0 Å². The third-order valence-electron chi connectivity index (χ3n) is 6.78. The fourth-order valence-corrected chi connectivity index (χ4v) is 5.27. The van der Waals surface area contributed by atoms with Crippen molar-refractivity contribution in [1.29, 1.82) is 5.26 Å². The van der Waals surface area contributed by atoms with E-state index in [0.717, 1.165) is 58.0 Å². The summed E-state index contributed by atoms with van der Waals surface area (Å²) in [6, 6.07) is 7.48. The molecule has 0 bridgehead atoms. The monoisotopic (exact) mass is 370 g/mol. The summed E-state index contributed by atoms with van der Waals surface area (Å²) >= 11 is 0. The smallest absolute Gasteiger partial charge is 0.230 e. The topological polar surface area (TPSA) is 60.2 Å². The highest BCUT2D eigenvalue weighted by Crippen LogP contribution is 2.43. The molecule has 6 heteroatoms. The number of halogens is 1. The van der Waals surface area contributed by atoms with E-state index < -0.39 is 5.95 Å². The van der Waals surface area contributed by atoms with Gasteiger partial charge in [0.1, 0.15) is 5.82 Å². The number of anilines is 1. The number of carbonyl (C=O) groups excluding carboxylic acids is 1. The van der Waals surface area contributed by atoms with Crippen LogP contribution in [0.5, 0.6) is 0 Å². The second kappa shape index (κ2) is 7.46. The Morgan fingerprint density at radius 3 is 2.78 bits per heavy atom. The first kappa shape index (κ1) is 18.2. The molecule has 3 heterocycles. The Kier molecular flexibility index (Phi) is 5.03. The number of pyridine rings is 1. The fourth-order valence-electron chi connectivity index (χ4n) is 5.27. The van der Waals surface area contributed by atoms with Crippen molar-refractivity contribution < 1.29 is 9.18 Å². The second-order valence-corrected chi connectivity index (χ2v) is 8.41. The summed E-state index contributed by atoms with van der Waals surface area (Å²) < 4.78 is 13.5. The molecule has 0 radical (unpaired) electrons. The molecule has 0 unspecified atom stereocenters. The molecule has 1 aromatic heterocycles. The van der Waals surface area contributed by atoms with Crippen molar-refractivity contribution in [3.8, 4) is 6.07 Å². The highest BCUT2D eigenvalue weighted by atomic mass is 19.1. The molecular weight excluding hydrogens is 343 g/mol. The van der Waals surface area contributed by atoms with Crippen LogP contribution in [0.4, 0.5) is 10.2 Å². The van der Waals surface area contributed by atoms with Gasteiger partial charge in [0.2, 0.25) is 11.9 Å². The van der Waals surface area contributed by atoms with Gasteiger partial charge in [-0.2, -0.15) is 9.65 Å². The summed E-state index contributed by atoms with van der Waals surface area (Å²) in [5.74, 6) is 0.951. The fraction of sp³-hybridized carbons (Fsp3) is 0.667. The molecule has 1 aromatic rings. The van der Waals surface area contributed by atoms with E-state index in [1.54, 1.807) is 6.07 Å². The van der Waals surface area contributed by atoms with Gasteiger partial charge in [-0.05, 0) is 63.0 Å². The van der Waals surface area contributed by atoms with Crippen molar-refractivity contribution >= 4 is 11.7 Å². The number of nitriles is 1. The molecular formula is C21H27FN4O. The quantitative estimate of drug-likeness (QED) is 0.764. The van der Waals surface area contributed by atoms with Gasteiger partial charge in [0.15, 0.2) is 0 Å². The van der Waals surface area contributed by atoms with Crippen molar-refractivity contribution in [2.24, 2.45) is 11.3 Å². The normalized spacial score (nSPS) is 31.3. The predicted octanol–water partition coefficient (Wildman–Crippen LogP) is 3.51. The molecule has 2 saturated heterocycles. The lowest BCUT2D eigenvalue weighted by atomic mass is 9.78. The number of carbonyl (C=O) groups is 1. The molecule has 3 fully saturated rings. The number of likely N-dealkylation sites (tertiary alicyclic amines) is 1. The van der Waals surface area contributed by atoms with Gasteiger partial charge in [-0.1, -0.05) is 6.07 Å². The summed E-state index contributed by atoms with van der Waals surface area (Å²) in [5, 5.41) is 8.89. The van der Waals surface area contributed by atoms with E-state index in [1.165, 1.54) is 6.07 Å². The van der Waals surface area contributed by atoms with Crippen LogP contribution in [0.3, 0.4) is 0 Å². The summed E-state index contributed by atoms with van der Waals surface area (Å²) in [6.07, 6.45) is 7.51. The maximum Gasteiger partial charge on any atom is 0.230 e. The molecule has 2 aliphatic heterocycles. The number of hydrogen-bond acceptors (Lipinski definition) is 4. The molecule has 0 aromatic carbocycles. The molecule has 144 valence electrons. The molecule has 1 atom stereocenters. The van der Waals surface area contributed by atoms with Gasteiger partial charge in [0.25, 0.3) is 0 Å². The number of rotatable bonds is 3. The molecule has 1 amide bonds. The van der Waals surface area contributed by atoms with Crippen LogP contribution in [0.25, 0.3) is 0 Å². The first-order valence-electron chi connectivity index (χ1n) is 10.2. The molecule has 1 saturated carbocycles. The van der Waals surface area contributed by atoms with Crippen molar-refractivity contribution in [3.63, 3.8) is 0 Å². The van der Waals surface area contributed by atoms with E-state index >= 15 is 0 Å². The Balaban J connectivity index is 1.44. The van der Waals surface area contributed by atoms with E-state index in [2.05, 4.69) is 20.9 Å². The van der Waals surface area contributed by atoms with Gasteiger partial charge in [-0.15, -0.1) is 0 Å². The van der Waals surface area contributed by atoms with Crippen molar-refractivity contribution in [2.75, 3.05) is 24.5 Å². The van der Waals surface area contributed by atoms with E-state index in [1.807, 2.05) is 6.07 Å². The number of piperidine rings is 1. The maximum atomic E-state index is 13.5. The van der Waals surface area contributed by atoms with Crippen molar-refractivity contribution in [1.82, 2.24) is 9.88 Å². The van der Waals surface area contributed by atoms with Gasteiger partial charge in [-0.25, -0.2) is 4.98 Å². The SMILES string of the molecule is N#CCC1CCC(N2CC[C@@]3(CCCN(c4cccc(F)n4)C3)C2=O)CC1. The van der Waals surface area contributed by atoms with Gasteiger partial charge in [-0.3, -0.25) is 4.79 Å². The zero-order valence-corrected chi connectivity index (χ0v) is 15.7. The second-order valence-electron chi connectivity index (χ2n) is 8.41. The summed E-state index contributed by atoms with van der Waals surface area (Å²) in [7, 11) is 0. The highest BCUT2D eigenvalue weighted by Gasteiger charge is 2.50. The Morgan fingerprint density at radius 2 is 2.04 bits per heavy atom. The molecule has 27 heavy (non-hydrogen) atoms. The van der Waals surface area contributed by atoms with Crippen molar-refractivity contribution in [3.05, 3.63) is 24.1 Å². The molecule has 1 spiro atoms. The minimum Gasteiger partial charge on any atom is -0.355 e. The number of hydrogen-bond donors (Lipinski definition) is 0. The van der Waals surface area contributed by atoms with E-state index in [-0.39, 0.29) is 11.3 Å². The predicted molar refractivity (Wildman–Crippen MR) is 100 cm³/mol. The van der Waals surface area contributed by atoms with Gasteiger partial charge >= 0.3 is 0 Å². The lowest BCUT2D eigenvalue weighted by molar-refractivity contribution is -0.139. The molecule has 3 aliphatic rings. The zero-order chi connectivity index (χ0) is 18.9. The Bertz CT molecular complexity index is 740. The lowest BCUT2D eigenvalue weighted by Gasteiger charge is -2.41. The van der Waals surface area contributed by atoms with Gasteiger partial charge in [0, 0.05) is 32.1 Å². The van der Waals surface area contributed by atoms with Gasteiger partial charge < -0.3 is 9.80 Å². The first-order valence-corrected chi connectivity index (χ1v) is 10.2. The molecule has 0 N–H and O–H groups in total. The van der Waals surface area contributed by atoms with E-state index in [9.17, 15) is 9.18 Å². The lowest BCUT2D eigenvalue weighted by Crippen LogP contribution is -2.50. The summed E-state index contributed by atoms with van der Waals surface area (Å²) in [5.41, 5.74) is -0.338. The van der Waals surface area contributed by atoms with Crippen LogP contribution in [0.1, 0.15) is 51.4 Å². The van der Waals surface area contributed by atoms with E-state index in [4.69, 9.17) is 5.26 Å². The number of amides is 1. The zero-order valence-electron chi connectivity index (χ0n) is 15.7. The van der Waals surface area contributed by atoms with Crippen LogP contribution in [-0.2, 0) is 4.79 Å². The van der Waals surface area contributed by atoms with Crippen LogP contribution >= 0.6 is 0 Å². The van der Waals surface area contributed by atoms with Crippen LogP contribution < -0.4 is 4.90 Å². The maximum absolute atomic E-state index is 13.5. The first-order chi connectivity index (χ1) is 13.1. The van der Waals surface area contributed by atoms with Crippen LogP contribution in [-0.4, -0.2) is 41.5 Å². The number of nitrogens with zero attached hydrogens (tertiary/aromatic N) is 4. The third-order valence-corrected chi connectivity index (χ3v) is 6.78. The van der Waals surface area contributed by atoms with Gasteiger partial charge in [0.05, 0.1) is 11.5 Å². The van der Waals surface area contributed by atoms with E-state index in [0.29, 0.717) is 30.7 Å². The van der Waals surface area contributed by atoms with Crippen LogP contribution in [0.15, 0.2) is 18.2 Å². The average molecular weight is 370 g/mol. The Labute approximate surface area is 160 Å². The highest BCUT2D eigenvalue weighted by molar-refractivity contribution is 5.86. The Hall–Kier alpha value is -2.16. The standard InChI is InChI=1S/C21H27FN4O/c22-18-3-1-4-19(24-18)25-13-2-10-21(15-25)11-14-26(20(21)27)17-7-5-16(6-8-17)9-12-23/h1,3-4,16-17H,2,5-11,13-15H2/t16?,17?,21-/m1/s1. The van der Waals surface area contributed by atoms with Crippen molar-refractivity contribution in [2.45, 2.75) is 57.4 Å². The molecule has 1 aliphatic carbocycles. The molecule has 4 rings (SSSR count). The minimum atomic E-state index is -0.472. The molecule has 5 nitrogen and oxygen atoms in total. The third kappa shape index (κ3) is 3.52. The average Bonchev–Trinajstić information content (AvgIpc) is 2.99. The number of aromatic nitrogens is 1.